The van der Waals surface area contributed by atoms with Crippen LogP contribution in [-0.4, -0.2) is 67.3 Å². The standard InChI is InChI=1S/C32H38N4O4/c1-5-23-7-8-24(19-28(23)36-12-10-25(11-13-36)35-14-16-39-17-15-35)32(3,4)30-29(31(38)40-21(2)37)26-9-6-22(20-33)18-27(26)34-30/h6-9,18-19,25,34H,5,10-17H2,1-4H3. The third-order valence-corrected chi connectivity index (χ3v) is 8.55. The van der Waals surface area contributed by atoms with Crippen LogP contribution < -0.4 is 4.90 Å². The van der Waals surface area contributed by atoms with Gasteiger partial charge in [0.1, 0.15) is 0 Å². The molecule has 1 N–H and O–H groups in total. The first-order chi connectivity index (χ1) is 19.2. The van der Waals surface area contributed by atoms with Crippen LogP contribution in [0, 0.1) is 11.3 Å². The predicted molar refractivity (Wildman–Crippen MR) is 155 cm³/mol. The number of esters is 2. The Hall–Kier alpha value is -3.67. The number of hydrogen-bond donors (Lipinski definition) is 1. The third kappa shape index (κ3) is 5.36. The number of aryl methyl sites for hydroxylation is 1. The lowest BCUT2D eigenvalue weighted by atomic mass is 9.78. The van der Waals surface area contributed by atoms with Crippen molar-refractivity contribution < 1.29 is 19.1 Å². The van der Waals surface area contributed by atoms with Gasteiger partial charge in [-0.15, -0.1) is 0 Å². The summed E-state index contributed by atoms with van der Waals surface area (Å²) < 4.78 is 10.6. The van der Waals surface area contributed by atoms with Gasteiger partial charge in [-0.3, -0.25) is 9.69 Å². The zero-order chi connectivity index (χ0) is 28.4. The van der Waals surface area contributed by atoms with Crippen molar-refractivity contribution in [3.63, 3.8) is 0 Å². The molecular weight excluding hydrogens is 504 g/mol. The number of nitrogens with one attached hydrogen (secondary N) is 1. The maximum Gasteiger partial charge on any atom is 0.348 e. The summed E-state index contributed by atoms with van der Waals surface area (Å²) in [5.41, 5.74) is 5.11. The van der Waals surface area contributed by atoms with E-state index in [1.54, 1.807) is 18.2 Å². The van der Waals surface area contributed by atoms with Gasteiger partial charge in [-0.1, -0.05) is 39.0 Å². The summed E-state index contributed by atoms with van der Waals surface area (Å²) in [4.78, 5) is 33.4. The minimum Gasteiger partial charge on any atom is -0.390 e. The number of ether oxygens (including phenoxy) is 2. The lowest BCUT2D eigenvalue weighted by Crippen LogP contribution is -2.49. The van der Waals surface area contributed by atoms with Crippen LogP contribution in [0.1, 0.15) is 73.3 Å². The number of rotatable bonds is 6. The average Bonchev–Trinajstić information content (AvgIpc) is 3.37. The fourth-order valence-electron chi connectivity index (χ4n) is 6.23. The van der Waals surface area contributed by atoms with Crippen molar-refractivity contribution in [1.29, 1.82) is 5.26 Å². The number of hydrogen-bond acceptors (Lipinski definition) is 7. The zero-order valence-electron chi connectivity index (χ0n) is 23.9. The minimum atomic E-state index is -0.692. The van der Waals surface area contributed by atoms with Crippen molar-refractivity contribution >= 4 is 28.5 Å². The summed E-state index contributed by atoms with van der Waals surface area (Å²) in [7, 11) is 0. The molecule has 0 unspecified atom stereocenters. The fraction of sp³-hybridized carbons (Fsp3) is 0.469. The molecule has 0 saturated carbocycles. The third-order valence-electron chi connectivity index (χ3n) is 8.55. The Morgan fingerprint density at radius 3 is 2.48 bits per heavy atom. The molecule has 0 bridgehead atoms. The van der Waals surface area contributed by atoms with Crippen molar-refractivity contribution in [2.75, 3.05) is 44.3 Å². The molecule has 0 atom stereocenters. The second-order valence-corrected chi connectivity index (χ2v) is 11.3. The van der Waals surface area contributed by atoms with Gasteiger partial charge in [0.15, 0.2) is 0 Å². The van der Waals surface area contributed by atoms with Gasteiger partial charge in [-0.05, 0) is 48.6 Å². The van der Waals surface area contributed by atoms with Crippen molar-refractivity contribution in [1.82, 2.24) is 9.88 Å². The molecule has 2 fully saturated rings. The van der Waals surface area contributed by atoms with Gasteiger partial charge in [0.25, 0.3) is 0 Å². The van der Waals surface area contributed by atoms with Crippen molar-refractivity contribution in [2.24, 2.45) is 0 Å². The number of nitrogens with zero attached hydrogens (tertiary/aromatic N) is 3. The molecule has 1 aromatic heterocycles. The molecule has 2 saturated heterocycles. The Morgan fingerprint density at radius 2 is 1.82 bits per heavy atom. The summed E-state index contributed by atoms with van der Waals surface area (Å²) >= 11 is 0. The highest BCUT2D eigenvalue weighted by molar-refractivity contribution is 6.09. The van der Waals surface area contributed by atoms with E-state index in [2.05, 4.69) is 59.8 Å². The molecule has 0 radical (unpaired) electrons. The SMILES string of the molecule is CCc1ccc(C(C)(C)c2[nH]c3cc(C#N)ccc3c2C(=O)OC(C)=O)cc1N1CCC(N2CCOCC2)CC1. The second-order valence-electron chi connectivity index (χ2n) is 11.3. The predicted octanol–water partition coefficient (Wildman–Crippen LogP) is 4.93. The Kier molecular flexibility index (Phi) is 7.97. The number of aromatic nitrogens is 1. The number of H-pyrrole nitrogens is 1. The van der Waals surface area contributed by atoms with Crippen LogP contribution in [-0.2, 0) is 26.1 Å². The molecule has 3 heterocycles. The maximum absolute atomic E-state index is 13.2. The molecule has 40 heavy (non-hydrogen) atoms. The topological polar surface area (TPSA) is 98.7 Å². The van der Waals surface area contributed by atoms with E-state index in [9.17, 15) is 14.9 Å². The van der Waals surface area contributed by atoms with E-state index in [4.69, 9.17) is 9.47 Å². The maximum atomic E-state index is 13.2. The lowest BCUT2D eigenvalue weighted by molar-refractivity contribution is -0.135. The quantitative estimate of drug-likeness (QED) is 0.348. The van der Waals surface area contributed by atoms with Gasteiger partial charge in [0.2, 0.25) is 0 Å². The molecule has 8 nitrogen and oxygen atoms in total. The summed E-state index contributed by atoms with van der Waals surface area (Å²) in [6.07, 6.45) is 3.18. The van der Waals surface area contributed by atoms with Crippen LogP contribution >= 0.6 is 0 Å². The second kappa shape index (κ2) is 11.4. The van der Waals surface area contributed by atoms with Crippen molar-refractivity contribution in [3.05, 3.63) is 64.3 Å². The van der Waals surface area contributed by atoms with E-state index in [0.29, 0.717) is 33.8 Å². The molecule has 3 aromatic rings. The van der Waals surface area contributed by atoms with Crippen molar-refractivity contribution in [3.8, 4) is 6.07 Å². The van der Waals surface area contributed by atoms with Crippen LogP contribution in [0.15, 0.2) is 36.4 Å². The van der Waals surface area contributed by atoms with Crippen LogP contribution in [0.5, 0.6) is 0 Å². The average molecular weight is 543 g/mol. The highest BCUT2D eigenvalue weighted by atomic mass is 16.6. The van der Waals surface area contributed by atoms with Gasteiger partial charge in [-0.25, -0.2) is 4.79 Å². The largest absolute Gasteiger partial charge is 0.390 e. The van der Waals surface area contributed by atoms with Crippen molar-refractivity contribution in [2.45, 2.75) is 58.4 Å². The number of carbonyl (C=O) groups excluding carboxylic acids is 2. The molecule has 0 aliphatic carbocycles. The number of morpholine rings is 1. The van der Waals surface area contributed by atoms with Gasteiger partial charge in [0, 0.05) is 66.8 Å². The van der Waals surface area contributed by atoms with E-state index in [0.717, 1.165) is 64.2 Å². The molecule has 2 aliphatic heterocycles. The van der Waals surface area contributed by atoms with E-state index in [-0.39, 0.29) is 0 Å². The van der Waals surface area contributed by atoms with Gasteiger partial charge < -0.3 is 19.4 Å². The summed E-state index contributed by atoms with van der Waals surface area (Å²) in [6, 6.07) is 14.5. The minimum absolute atomic E-state index is 0.326. The molecule has 0 spiro atoms. The molecule has 210 valence electrons. The molecule has 0 amide bonds. The van der Waals surface area contributed by atoms with E-state index >= 15 is 0 Å². The Balaban J connectivity index is 1.50. The number of carbonyl (C=O) groups is 2. The van der Waals surface area contributed by atoms with Crippen LogP contribution in [0.25, 0.3) is 10.9 Å². The Morgan fingerprint density at radius 1 is 1.10 bits per heavy atom. The van der Waals surface area contributed by atoms with Crippen LogP contribution in [0.4, 0.5) is 5.69 Å². The molecule has 2 aromatic carbocycles. The number of fused-ring (bicyclic) bond motifs is 1. The number of aromatic amines is 1. The van der Waals surface area contributed by atoms with E-state index in [1.807, 2.05) is 0 Å². The Labute approximate surface area is 235 Å². The molecule has 2 aliphatic rings. The van der Waals surface area contributed by atoms with Crippen LogP contribution in [0.2, 0.25) is 0 Å². The smallest absolute Gasteiger partial charge is 0.348 e. The number of anilines is 1. The van der Waals surface area contributed by atoms with E-state index in [1.165, 1.54) is 18.2 Å². The Bertz CT molecular complexity index is 1450. The number of piperidine rings is 1. The highest BCUT2D eigenvalue weighted by Crippen LogP contribution is 2.40. The first-order valence-electron chi connectivity index (χ1n) is 14.2. The number of nitriles is 1. The van der Waals surface area contributed by atoms with Crippen LogP contribution in [0.3, 0.4) is 0 Å². The highest BCUT2D eigenvalue weighted by Gasteiger charge is 2.34. The van der Waals surface area contributed by atoms with Gasteiger partial charge in [0.05, 0.1) is 30.4 Å². The summed E-state index contributed by atoms with van der Waals surface area (Å²) in [5, 5.41) is 10.0. The first-order valence-corrected chi connectivity index (χ1v) is 14.2. The normalized spacial score (nSPS) is 17.1. The monoisotopic (exact) mass is 542 g/mol. The molecule has 5 rings (SSSR count). The van der Waals surface area contributed by atoms with Gasteiger partial charge >= 0.3 is 11.9 Å². The number of benzene rings is 2. The van der Waals surface area contributed by atoms with E-state index < -0.39 is 17.4 Å². The molecule has 8 heteroatoms. The summed E-state index contributed by atoms with van der Waals surface area (Å²) in [6.45, 7) is 13.2. The fourth-order valence-corrected chi connectivity index (χ4v) is 6.23. The lowest BCUT2D eigenvalue weighted by Gasteiger charge is -2.41. The molecular formula is C32H38N4O4. The summed E-state index contributed by atoms with van der Waals surface area (Å²) in [5.74, 6) is -1.35. The first kappa shape index (κ1) is 27.9. The zero-order valence-corrected chi connectivity index (χ0v) is 23.9. The van der Waals surface area contributed by atoms with Gasteiger partial charge in [-0.2, -0.15) is 5.26 Å².